The van der Waals surface area contributed by atoms with Crippen LogP contribution in [0.2, 0.25) is 0 Å². The summed E-state index contributed by atoms with van der Waals surface area (Å²) in [6, 6.07) is 2.05. The Balaban J connectivity index is 2.45. The molecule has 0 aliphatic rings. The molecule has 5 heteroatoms. The molecule has 0 saturated carbocycles. The first-order chi connectivity index (χ1) is 9.67. The van der Waals surface area contributed by atoms with Crippen molar-refractivity contribution < 1.29 is 0 Å². The Kier molecular flexibility index (Phi) is 4.71. The lowest BCUT2D eigenvalue weighted by molar-refractivity contribution is 0.744. The molecule has 0 atom stereocenters. The number of aromatic nitrogens is 4. The number of nitrogens with zero attached hydrogens (tertiary/aromatic N) is 4. The molecular formula is C15H23N5. The molecule has 0 radical (unpaired) electrons. The van der Waals surface area contributed by atoms with Gasteiger partial charge in [0, 0.05) is 18.3 Å². The van der Waals surface area contributed by atoms with Crippen LogP contribution in [0.25, 0.3) is 5.82 Å². The van der Waals surface area contributed by atoms with Crippen LogP contribution in [-0.4, -0.2) is 26.3 Å². The van der Waals surface area contributed by atoms with Crippen LogP contribution in [-0.2, 0) is 6.42 Å². The summed E-state index contributed by atoms with van der Waals surface area (Å²) in [5, 5.41) is 7.93. The van der Waals surface area contributed by atoms with E-state index in [4.69, 9.17) is 0 Å². The zero-order chi connectivity index (χ0) is 14.5. The van der Waals surface area contributed by atoms with Gasteiger partial charge in [-0.3, -0.25) is 0 Å². The Morgan fingerprint density at radius 3 is 2.65 bits per heavy atom. The first kappa shape index (κ1) is 14.5. The third-order valence-electron chi connectivity index (χ3n) is 3.19. The molecule has 2 aromatic rings. The van der Waals surface area contributed by atoms with E-state index in [1.165, 1.54) is 0 Å². The minimum absolute atomic E-state index is 0.418. The zero-order valence-electron chi connectivity index (χ0n) is 12.7. The van der Waals surface area contributed by atoms with E-state index in [0.29, 0.717) is 5.92 Å². The molecule has 0 fully saturated rings. The van der Waals surface area contributed by atoms with Gasteiger partial charge in [0.25, 0.3) is 0 Å². The highest BCUT2D eigenvalue weighted by Crippen LogP contribution is 2.21. The Morgan fingerprint density at radius 2 is 2.05 bits per heavy atom. The topological polar surface area (TPSA) is 55.6 Å². The molecule has 0 aliphatic carbocycles. The van der Waals surface area contributed by atoms with Crippen molar-refractivity contribution in [1.29, 1.82) is 0 Å². The van der Waals surface area contributed by atoms with Crippen LogP contribution in [0.1, 0.15) is 51.3 Å². The largest absolute Gasteiger partial charge is 0.370 e. The molecule has 2 aromatic heterocycles. The van der Waals surface area contributed by atoms with Gasteiger partial charge in [-0.2, -0.15) is 5.10 Å². The van der Waals surface area contributed by atoms with Gasteiger partial charge < -0.3 is 5.32 Å². The number of nitrogens with one attached hydrogen (secondary N) is 1. The monoisotopic (exact) mass is 273 g/mol. The van der Waals surface area contributed by atoms with Gasteiger partial charge in [-0.15, -0.1) is 0 Å². The summed E-state index contributed by atoms with van der Waals surface area (Å²) in [6.45, 7) is 9.37. The zero-order valence-corrected chi connectivity index (χ0v) is 12.7. The highest BCUT2D eigenvalue weighted by molar-refractivity contribution is 5.51. The van der Waals surface area contributed by atoms with Crippen molar-refractivity contribution >= 4 is 5.82 Å². The van der Waals surface area contributed by atoms with Crippen molar-refractivity contribution in [3.05, 3.63) is 29.8 Å². The number of hydrogen-bond acceptors (Lipinski definition) is 4. The van der Waals surface area contributed by atoms with E-state index >= 15 is 0 Å². The second-order valence-electron chi connectivity index (χ2n) is 5.14. The van der Waals surface area contributed by atoms with Crippen LogP contribution in [0.3, 0.4) is 0 Å². The predicted molar refractivity (Wildman–Crippen MR) is 81.4 cm³/mol. The summed E-state index contributed by atoms with van der Waals surface area (Å²) < 4.78 is 1.86. The first-order valence-corrected chi connectivity index (χ1v) is 7.31. The Labute approximate surface area is 120 Å². The summed E-state index contributed by atoms with van der Waals surface area (Å²) in [5.41, 5.74) is 2.21. The number of anilines is 1. The highest BCUT2D eigenvalue weighted by atomic mass is 15.3. The number of rotatable bonds is 6. The van der Waals surface area contributed by atoms with Gasteiger partial charge in [0.15, 0.2) is 5.82 Å². The standard InChI is InChI=1S/C15H23N5/c1-5-7-12-14(16-6-2)17-10-18-15(12)20-9-8-13(19-20)11(3)4/h8-11H,5-7H2,1-4H3,(H,16,17,18). The van der Waals surface area contributed by atoms with Crippen molar-refractivity contribution in [2.45, 2.75) is 46.5 Å². The molecular weight excluding hydrogens is 250 g/mol. The Morgan fingerprint density at radius 1 is 1.25 bits per heavy atom. The predicted octanol–water partition coefficient (Wildman–Crippen LogP) is 3.17. The first-order valence-electron chi connectivity index (χ1n) is 7.31. The summed E-state index contributed by atoms with van der Waals surface area (Å²) in [4.78, 5) is 8.78. The maximum Gasteiger partial charge on any atom is 0.161 e. The van der Waals surface area contributed by atoms with Crippen LogP contribution in [0.4, 0.5) is 5.82 Å². The van der Waals surface area contributed by atoms with E-state index in [9.17, 15) is 0 Å². The van der Waals surface area contributed by atoms with Crippen LogP contribution in [0.5, 0.6) is 0 Å². The van der Waals surface area contributed by atoms with Gasteiger partial charge in [-0.1, -0.05) is 27.2 Å². The molecule has 0 aromatic carbocycles. The van der Waals surface area contributed by atoms with Crippen LogP contribution in [0, 0.1) is 0 Å². The lowest BCUT2D eigenvalue weighted by Crippen LogP contribution is -2.10. The quantitative estimate of drug-likeness (QED) is 0.878. The molecule has 108 valence electrons. The van der Waals surface area contributed by atoms with Crippen LogP contribution < -0.4 is 5.32 Å². The summed E-state index contributed by atoms with van der Waals surface area (Å²) in [5.74, 6) is 2.21. The fourth-order valence-corrected chi connectivity index (χ4v) is 2.16. The SMILES string of the molecule is CCCc1c(NCC)ncnc1-n1ccc(C(C)C)n1. The minimum atomic E-state index is 0.418. The average Bonchev–Trinajstić information content (AvgIpc) is 2.91. The Hall–Kier alpha value is -1.91. The van der Waals surface area contributed by atoms with E-state index in [1.807, 2.05) is 10.9 Å². The molecule has 20 heavy (non-hydrogen) atoms. The second-order valence-corrected chi connectivity index (χ2v) is 5.14. The van der Waals surface area contributed by atoms with Crippen molar-refractivity contribution in [2.24, 2.45) is 0 Å². The molecule has 0 bridgehead atoms. The molecule has 5 nitrogen and oxygen atoms in total. The van der Waals surface area contributed by atoms with Gasteiger partial charge in [-0.25, -0.2) is 14.6 Å². The fraction of sp³-hybridized carbons (Fsp3) is 0.533. The maximum atomic E-state index is 4.62. The van der Waals surface area contributed by atoms with Crippen LogP contribution >= 0.6 is 0 Å². The molecule has 0 spiro atoms. The lowest BCUT2D eigenvalue weighted by atomic mass is 10.1. The molecule has 1 N–H and O–H groups in total. The van der Waals surface area contributed by atoms with Crippen molar-refractivity contribution in [3.63, 3.8) is 0 Å². The third kappa shape index (κ3) is 2.98. The molecule has 0 saturated heterocycles. The van der Waals surface area contributed by atoms with E-state index in [2.05, 4.69) is 54.1 Å². The number of hydrogen-bond donors (Lipinski definition) is 1. The Bertz CT molecular complexity index is 559. The van der Waals surface area contributed by atoms with E-state index < -0.39 is 0 Å². The van der Waals surface area contributed by atoms with Gasteiger partial charge in [0.05, 0.1) is 5.69 Å². The summed E-state index contributed by atoms with van der Waals surface area (Å²) in [6.07, 6.45) is 5.57. The van der Waals surface area contributed by atoms with E-state index in [1.54, 1.807) is 6.33 Å². The lowest BCUT2D eigenvalue weighted by Gasteiger charge is -2.13. The van der Waals surface area contributed by atoms with Crippen molar-refractivity contribution in [3.8, 4) is 5.82 Å². The molecule has 2 rings (SSSR count). The fourth-order valence-electron chi connectivity index (χ4n) is 2.16. The normalized spacial score (nSPS) is 11.1. The third-order valence-corrected chi connectivity index (χ3v) is 3.19. The molecule has 0 unspecified atom stereocenters. The van der Waals surface area contributed by atoms with Gasteiger partial charge in [-0.05, 0) is 25.3 Å². The highest BCUT2D eigenvalue weighted by Gasteiger charge is 2.13. The van der Waals surface area contributed by atoms with Gasteiger partial charge >= 0.3 is 0 Å². The van der Waals surface area contributed by atoms with E-state index in [-0.39, 0.29) is 0 Å². The smallest absolute Gasteiger partial charge is 0.161 e. The van der Waals surface area contributed by atoms with Crippen LogP contribution in [0.15, 0.2) is 18.6 Å². The maximum absolute atomic E-state index is 4.62. The minimum Gasteiger partial charge on any atom is -0.370 e. The van der Waals surface area contributed by atoms with Crippen molar-refractivity contribution in [1.82, 2.24) is 19.7 Å². The summed E-state index contributed by atoms with van der Waals surface area (Å²) in [7, 11) is 0. The average molecular weight is 273 g/mol. The van der Waals surface area contributed by atoms with Gasteiger partial charge in [0.2, 0.25) is 0 Å². The molecule has 2 heterocycles. The molecule has 0 amide bonds. The second kappa shape index (κ2) is 6.50. The van der Waals surface area contributed by atoms with Gasteiger partial charge in [0.1, 0.15) is 12.1 Å². The molecule has 0 aliphatic heterocycles. The van der Waals surface area contributed by atoms with E-state index in [0.717, 1.165) is 42.3 Å². The van der Waals surface area contributed by atoms with Crippen molar-refractivity contribution in [2.75, 3.05) is 11.9 Å². The summed E-state index contributed by atoms with van der Waals surface area (Å²) >= 11 is 0.